The SMILES string of the molecule is COC(=O)C[C@@H]1CCCCC(=O)[C@H]1c1ccc(C(F)(F)F)cc1. The van der Waals surface area contributed by atoms with Crippen LogP contribution in [0.5, 0.6) is 0 Å². The molecule has 3 nitrogen and oxygen atoms in total. The third-order valence-corrected chi connectivity index (χ3v) is 4.32. The van der Waals surface area contributed by atoms with Gasteiger partial charge in [-0.3, -0.25) is 9.59 Å². The molecule has 0 spiro atoms. The van der Waals surface area contributed by atoms with Crippen LogP contribution >= 0.6 is 0 Å². The van der Waals surface area contributed by atoms with Crippen molar-refractivity contribution >= 4 is 11.8 Å². The molecule has 6 heteroatoms. The molecule has 1 aliphatic rings. The Kier molecular flexibility index (Phi) is 5.44. The van der Waals surface area contributed by atoms with Crippen LogP contribution in [0.3, 0.4) is 0 Å². The van der Waals surface area contributed by atoms with Gasteiger partial charge in [-0.05, 0) is 36.5 Å². The third kappa shape index (κ3) is 4.33. The highest BCUT2D eigenvalue weighted by Crippen LogP contribution is 2.38. The molecule has 23 heavy (non-hydrogen) atoms. The van der Waals surface area contributed by atoms with Crippen molar-refractivity contribution in [2.24, 2.45) is 5.92 Å². The molecule has 0 heterocycles. The van der Waals surface area contributed by atoms with Gasteiger partial charge in [-0.1, -0.05) is 18.6 Å². The molecule has 0 unspecified atom stereocenters. The normalized spacial score (nSPS) is 22.5. The molecular weight excluding hydrogens is 309 g/mol. The summed E-state index contributed by atoms with van der Waals surface area (Å²) in [6, 6.07) is 4.67. The second-order valence-corrected chi connectivity index (χ2v) is 5.85. The number of hydrogen-bond donors (Lipinski definition) is 0. The molecule has 1 fully saturated rings. The van der Waals surface area contributed by atoms with Crippen molar-refractivity contribution < 1.29 is 27.5 Å². The number of carbonyl (C=O) groups is 2. The van der Waals surface area contributed by atoms with E-state index < -0.39 is 23.6 Å². The fourth-order valence-electron chi connectivity index (χ4n) is 3.15. The third-order valence-electron chi connectivity index (χ3n) is 4.32. The number of methoxy groups -OCH3 is 1. The predicted molar refractivity (Wildman–Crippen MR) is 77.8 cm³/mol. The summed E-state index contributed by atoms with van der Waals surface area (Å²) >= 11 is 0. The minimum Gasteiger partial charge on any atom is -0.469 e. The Balaban J connectivity index is 2.30. The van der Waals surface area contributed by atoms with Crippen molar-refractivity contribution in [3.63, 3.8) is 0 Å². The van der Waals surface area contributed by atoms with Crippen LogP contribution in [0.15, 0.2) is 24.3 Å². The van der Waals surface area contributed by atoms with E-state index in [0.29, 0.717) is 18.4 Å². The molecular formula is C17H19F3O3. The van der Waals surface area contributed by atoms with Crippen LogP contribution < -0.4 is 0 Å². The highest BCUT2D eigenvalue weighted by Gasteiger charge is 2.34. The highest BCUT2D eigenvalue weighted by atomic mass is 19.4. The lowest BCUT2D eigenvalue weighted by Gasteiger charge is -2.24. The van der Waals surface area contributed by atoms with E-state index in [2.05, 4.69) is 4.74 Å². The summed E-state index contributed by atoms with van der Waals surface area (Å²) in [6.07, 6.45) is -1.65. The first kappa shape index (κ1) is 17.5. The van der Waals surface area contributed by atoms with Gasteiger partial charge in [0.25, 0.3) is 0 Å². The number of ketones is 1. The van der Waals surface area contributed by atoms with E-state index >= 15 is 0 Å². The summed E-state index contributed by atoms with van der Waals surface area (Å²) in [5.41, 5.74) is -0.203. The van der Waals surface area contributed by atoms with Crippen LogP contribution in [0.2, 0.25) is 0 Å². The van der Waals surface area contributed by atoms with Crippen LogP contribution in [0.25, 0.3) is 0 Å². The number of rotatable bonds is 3. The predicted octanol–water partition coefficient (Wildman–Crippen LogP) is 4.11. The van der Waals surface area contributed by atoms with Gasteiger partial charge < -0.3 is 4.74 Å². The second kappa shape index (κ2) is 7.15. The van der Waals surface area contributed by atoms with Gasteiger partial charge in [0.05, 0.1) is 12.7 Å². The van der Waals surface area contributed by atoms with E-state index in [-0.39, 0.29) is 18.1 Å². The molecule has 2 atom stereocenters. The summed E-state index contributed by atoms with van der Waals surface area (Å²) in [6.45, 7) is 0. The van der Waals surface area contributed by atoms with Crippen molar-refractivity contribution in [2.75, 3.05) is 7.11 Å². The maximum atomic E-state index is 12.7. The molecule has 1 aromatic rings. The number of hydrogen-bond acceptors (Lipinski definition) is 3. The molecule has 2 rings (SSSR count). The number of esters is 1. The van der Waals surface area contributed by atoms with E-state index in [0.717, 1.165) is 25.0 Å². The Hall–Kier alpha value is -1.85. The maximum absolute atomic E-state index is 12.7. The van der Waals surface area contributed by atoms with Crippen molar-refractivity contribution in [3.8, 4) is 0 Å². The van der Waals surface area contributed by atoms with E-state index in [1.807, 2.05) is 0 Å². The largest absolute Gasteiger partial charge is 0.469 e. The summed E-state index contributed by atoms with van der Waals surface area (Å²) in [4.78, 5) is 24.0. The average molecular weight is 328 g/mol. The van der Waals surface area contributed by atoms with Crippen molar-refractivity contribution in [1.82, 2.24) is 0 Å². The molecule has 1 aliphatic carbocycles. The van der Waals surface area contributed by atoms with Crippen LogP contribution in [-0.2, 0) is 20.5 Å². The van der Waals surface area contributed by atoms with Gasteiger partial charge in [-0.2, -0.15) is 13.2 Å². The lowest BCUT2D eigenvalue weighted by molar-refractivity contribution is -0.142. The highest BCUT2D eigenvalue weighted by molar-refractivity contribution is 5.87. The molecule has 0 amide bonds. The van der Waals surface area contributed by atoms with Crippen LogP contribution in [0.1, 0.15) is 49.1 Å². The lowest BCUT2D eigenvalue weighted by Crippen LogP contribution is -2.23. The quantitative estimate of drug-likeness (QED) is 0.619. The van der Waals surface area contributed by atoms with E-state index in [9.17, 15) is 22.8 Å². The summed E-state index contributed by atoms with van der Waals surface area (Å²) in [5, 5.41) is 0. The standard InChI is InChI=1S/C17H19F3O3/c1-23-15(22)10-12-4-2-3-5-14(21)16(12)11-6-8-13(9-7-11)17(18,19)20/h6-9,12,16H,2-5,10H2,1H3/t12-,16-/m0/s1. The Bertz CT molecular complexity index is 563. The van der Waals surface area contributed by atoms with Crippen molar-refractivity contribution in [2.45, 2.75) is 44.2 Å². The fraction of sp³-hybridized carbons (Fsp3) is 0.529. The maximum Gasteiger partial charge on any atom is 0.416 e. The van der Waals surface area contributed by atoms with Crippen molar-refractivity contribution in [1.29, 1.82) is 0 Å². The zero-order valence-corrected chi connectivity index (χ0v) is 12.9. The number of alkyl halides is 3. The van der Waals surface area contributed by atoms with E-state index in [4.69, 9.17) is 0 Å². The van der Waals surface area contributed by atoms with Crippen molar-refractivity contribution in [3.05, 3.63) is 35.4 Å². The number of Topliss-reactive ketones (excluding diaryl/α,β-unsaturated/α-hetero) is 1. The zero-order valence-electron chi connectivity index (χ0n) is 12.9. The molecule has 1 saturated carbocycles. The summed E-state index contributed by atoms with van der Waals surface area (Å²) < 4.78 is 42.7. The van der Waals surface area contributed by atoms with Gasteiger partial charge in [0.1, 0.15) is 5.78 Å². The van der Waals surface area contributed by atoms with Gasteiger partial charge in [0.15, 0.2) is 0 Å². The molecule has 0 bridgehead atoms. The lowest BCUT2D eigenvalue weighted by atomic mass is 9.79. The monoisotopic (exact) mass is 328 g/mol. The number of benzene rings is 1. The van der Waals surface area contributed by atoms with Crippen LogP contribution in [0.4, 0.5) is 13.2 Å². The topological polar surface area (TPSA) is 43.4 Å². The second-order valence-electron chi connectivity index (χ2n) is 5.85. The average Bonchev–Trinajstić information content (AvgIpc) is 2.68. The van der Waals surface area contributed by atoms with Gasteiger partial charge >= 0.3 is 12.1 Å². The summed E-state index contributed by atoms with van der Waals surface area (Å²) in [5.74, 6) is -1.19. The Morgan fingerprint density at radius 1 is 1.22 bits per heavy atom. The first-order valence-electron chi connectivity index (χ1n) is 7.59. The van der Waals surface area contributed by atoms with Crippen LogP contribution in [0, 0.1) is 5.92 Å². The number of halogens is 3. The Morgan fingerprint density at radius 2 is 1.87 bits per heavy atom. The van der Waals surface area contributed by atoms with E-state index in [1.54, 1.807) is 0 Å². The van der Waals surface area contributed by atoms with Gasteiger partial charge in [0, 0.05) is 18.8 Å². The number of carbonyl (C=O) groups excluding carboxylic acids is 2. The summed E-state index contributed by atoms with van der Waals surface area (Å²) in [7, 11) is 1.29. The molecule has 0 aliphatic heterocycles. The first-order valence-corrected chi connectivity index (χ1v) is 7.59. The Morgan fingerprint density at radius 3 is 2.43 bits per heavy atom. The molecule has 0 saturated heterocycles. The molecule has 0 N–H and O–H groups in total. The molecule has 0 aromatic heterocycles. The first-order chi connectivity index (χ1) is 10.8. The smallest absolute Gasteiger partial charge is 0.416 e. The minimum absolute atomic E-state index is 0.0174. The molecule has 1 aromatic carbocycles. The van der Waals surface area contributed by atoms with Gasteiger partial charge in [-0.15, -0.1) is 0 Å². The van der Waals surface area contributed by atoms with Crippen LogP contribution in [-0.4, -0.2) is 18.9 Å². The zero-order chi connectivity index (χ0) is 17.0. The van der Waals surface area contributed by atoms with E-state index in [1.165, 1.54) is 19.2 Å². The molecule has 126 valence electrons. The van der Waals surface area contributed by atoms with Gasteiger partial charge in [-0.25, -0.2) is 0 Å². The fourth-order valence-corrected chi connectivity index (χ4v) is 3.15. The van der Waals surface area contributed by atoms with Gasteiger partial charge in [0.2, 0.25) is 0 Å². The minimum atomic E-state index is -4.41. The number of ether oxygens (including phenoxy) is 1. The Labute approximate surface area is 132 Å². The molecule has 0 radical (unpaired) electrons.